The highest BCUT2D eigenvalue weighted by atomic mass is 19.1. The number of amides is 2. The van der Waals surface area contributed by atoms with Crippen LogP contribution in [0.4, 0.5) is 21.5 Å². The van der Waals surface area contributed by atoms with Crippen molar-refractivity contribution in [2.45, 2.75) is 6.92 Å². The fourth-order valence-corrected chi connectivity index (χ4v) is 4.73. The Morgan fingerprint density at radius 3 is 2.42 bits per heavy atom. The zero-order chi connectivity index (χ0) is 25.6. The third kappa shape index (κ3) is 3.83. The summed E-state index contributed by atoms with van der Waals surface area (Å²) < 4.78 is 19.6. The number of benzene rings is 2. The van der Waals surface area contributed by atoms with E-state index in [9.17, 15) is 18.8 Å². The van der Waals surface area contributed by atoms with Crippen molar-refractivity contribution in [2.75, 3.05) is 62.0 Å². The molecule has 3 heterocycles. The Labute approximate surface area is 207 Å². The molecule has 5 rings (SSSR count). The normalized spacial score (nSPS) is 16.0. The highest BCUT2D eigenvalue weighted by molar-refractivity contribution is 6.37. The number of fused-ring (bicyclic) bond motifs is 2. The van der Waals surface area contributed by atoms with E-state index in [-0.39, 0.29) is 17.9 Å². The largest absolute Gasteiger partial charge is 0.462 e. The van der Waals surface area contributed by atoms with E-state index >= 15 is 0 Å². The van der Waals surface area contributed by atoms with Crippen molar-refractivity contribution in [3.8, 4) is 0 Å². The second-order valence-electron chi connectivity index (χ2n) is 8.79. The lowest BCUT2D eigenvalue weighted by atomic mass is 10.0. The number of nitrogens with zero attached hydrogens (tertiary/aromatic N) is 4. The van der Waals surface area contributed by atoms with Gasteiger partial charge in [-0.1, -0.05) is 0 Å². The monoisotopic (exact) mass is 491 g/mol. The van der Waals surface area contributed by atoms with Crippen LogP contribution in [0.1, 0.15) is 38.1 Å². The van der Waals surface area contributed by atoms with E-state index in [2.05, 4.69) is 15.2 Å². The molecule has 9 nitrogen and oxygen atoms in total. The second kappa shape index (κ2) is 9.19. The number of hydrogen-bond acceptors (Lipinski definition) is 8. The Bertz CT molecular complexity index is 1380. The van der Waals surface area contributed by atoms with Crippen LogP contribution in [0, 0.1) is 5.82 Å². The third-order valence-corrected chi connectivity index (χ3v) is 6.58. The summed E-state index contributed by atoms with van der Waals surface area (Å²) in [6, 6.07) is 8.77. The summed E-state index contributed by atoms with van der Waals surface area (Å²) in [5.74, 6) is -2.05. The maximum atomic E-state index is 14.6. The van der Waals surface area contributed by atoms with Gasteiger partial charge in [0.25, 0.3) is 11.8 Å². The predicted octanol–water partition coefficient (Wildman–Crippen LogP) is 3.14. The fraction of sp³-hybridized carbons (Fsp3) is 0.308. The highest BCUT2D eigenvalue weighted by Gasteiger charge is 2.42. The molecule has 0 saturated carbocycles. The average Bonchev–Trinajstić information content (AvgIpc) is 3.12. The molecule has 2 aromatic carbocycles. The number of carbonyl (C=O) groups excluding carboxylic acids is 3. The van der Waals surface area contributed by atoms with E-state index in [0.29, 0.717) is 46.6 Å². The minimum atomic E-state index is -0.567. The number of aromatic nitrogens is 1. The minimum Gasteiger partial charge on any atom is -0.462 e. The number of esters is 1. The van der Waals surface area contributed by atoms with E-state index in [1.54, 1.807) is 14.0 Å². The summed E-state index contributed by atoms with van der Waals surface area (Å²) in [6.07, 6.45) is 0. The molecule has 1 saturated heterocycles. The molecule has 186 valence electrons. The molecule has 0 aliphatic carbocycles. The second-order valence-corrected chi connectivity index (χ2v) is 8.79. The number of rotatable bonds is 5. The summed E-state index contributed by atoms with van der Waals surface area (Å²) in [6.45, 7) is 4.70. The van der Waals surface area contributed by atoms with Crippen LogP contribution in [-0.2, 0) is 4.74 Å². The molecule has 2 aliphatic heterocycles. The van der Waals surface area contributed by atoms with Crippen molar-refractivity contribution < 1.29 is 23.5 Å². The lowest BCUT2D eigenvalue weighted by molar-refractivity contribution is 0.0526. The Kier molecular flexibility index (Phi) is 6.05. The molecule has 3 aromatic rings. The number of halogens is 1. The number of hydrogen-bond donors (Lipinski definition) is 1. The predicted molar refractivity (Wildman–Crippen MR) is 134 cm³/mol. The first-order chi connectivity index (χ1) is 17.3. The number of anilines is 3. The first-order valence-electron chi connectivity index (χ1n) is 11.8. The highest BCUT2D eigenvalue weighted by Crippen LogP contribution is 2.41. The molecule has 36 heavy (non-hydrogen) atoms. The molecule has 0 bridgehead atoms. The lowest BCUT2D eigenvalue weighted by Gasteiger charge is -2.35. The van der Waals surface area contributed by atoms with Crippen molar-refractivity contribution in [3.05, 3.63) is 59.0 Å². The molecular weight excluding hydrogens is 465 g/mol. The minimum absolute atomic E-state index is 0.0269. The Hall–Kier alpha value is -4.05. The Balaban J connectivity index is 1.66. The Morgan fingerprint density at radius 2 is 1.78 bits per heavy atom. The number of carbonyl (C=O) groups is 3. The number of piperazine rings is 1. The topological polar surface area (TPSA) is 95.1 Å². The number of nitrogens with one attached hydrogen (secondary N) is 1. The molecule has 1 N–H and O–H groups in total. The van der Waals surface area contributed by atoms with Gasteiger partial charge in [-0.15, -0.1) is 0 Å². The van der Waals surface area contributed by atoms with Crippen LogP contribution in [0.2, 0.25) is 0 Å². The van der Waals surface area contributed by atoms with Crippen LogP contribution in [0.25, 0.3) is 10.9 Å². The smallest absolute Gasteiger partial charge is 0.338 e. The standard InChI is InChI=1S/C26H26FN5O4/c1-4-36-26(35)15-5-7-17(8-6-15)32-24(33)20-22(25(32)34)29-21-18(13-16(27)14-19(21)28-2)23(20)31-11-9-30(3)10-12-31/h5-8,13-14,28H,4,9-12H2,1-3H3. The summed E-state index contributed by atoms with van der Waals surface area (Å²) >= 11 is 0. The summed E-state index contributed by atoms with van der Waals surface area (Å²) in [7, 11) is 3.67. The van der Waals surface area contributed by atoms with E-state index in [1.165, 1.54) is 36.4 Å². The zero-order valence-corrected chi connectivity index (χ0v) is 20.3. The molecular formula is C26H26FN5O4. The molecule has 10 heteroatoms. The third-order valence-electron chi connectivity index (χ3n) is 6.58. The van der Waals surface area contributed by atoms with Gasteiger partial charge >= 0.3 is 5.97 Å². The van der Waals surface area contributed by atoms with Gasteiger partial charge in [0.05, 0.1) is 40.3 Å². The summed E-state index contributed by atoms with van der Waals surface area (Å²) in [5, 5.41) is 3.43. The average molecular weight is 492 g/mol. The lowest BCUT2D eigenvalue weighted by Crippen LogP contribution is -2.45. The van der Waals surface area contributed by atoms with Gasteiger partial charge in [0, 0.05) is 38.6 Å². The van der Waals surface area contributed by atoms with Crippen molar-refractivity contribution in [1.29, 1.82) is 0 Å². The van der Waals surface area contributed by atoms with Crippen molar-refractivity contribution in [1.82, 2.24) is 9.88 Å². The molecule has 0 unspecified atom stereocenters. The van der Waals surface area contributed by atoms with E-state index < -0.39 is 23.6 Å². The van der Waals surface area contributed by atoms with Gasteiger partial charge in [-0.25, -0.2) is 19.1 Å². The molecule has 0 spiro atoms. The number of imide groups is 1. The molecule has 2 aliphatic rings. The SMILES string of the molecule is CCOC(=O)c1ccc(N2C(=O)c3nc4c(NC)cc(F)cc4c(N4CCN(C)CC4)c3C2=O)cc1. The fourth-order valence-electron chi connectivity index (χ4n) is 4.73. The molecule has 0 radical (unpaired) electrons. The van der Waals surface area contributed by atoms with Gasteiger partial charge < -0.3 is 19.9 Å². The van der Waals surface area contributed by atoms with Crippen LogP contribution < -0.4 is 15.1 Å². The van der Waals surface area contributed by atoms with Crippen molar-refractivity contribution in [2.24, 2.45) is 0 Å². The van der Waals surface area contributed by atoms with Crippen molar-refractivity contribution >= 4 is 45.7 Å². The van der Waals surface area contributed by atoms with Crippen LogP contribution in [0.15, 0.2) is 36.4 Å². The van der Waals surface area contributed by atoms with Crippen LogP contribution in [0.5, 0.6) is 0 Å². The number of likely N-dealkylation sites (N-methyl/N-ethyl adjacent to an activating group) is 1. The van der Waals surface area contributed by atoms with E-state index in [4.69, 9.17) is 4.74 Å². The first-order valence-corrected chi connectivity index (χ1v) is 11.8. The molecule has 0 atom stereocenters. The number of pyridine rings is 1. The van der Waals surface area contributed by atoms with Crippen molar-refractivity contribution in [3.63, 3.8) is 0 Å². The van der Waals surface area contributed by atoms with Crippen LogP contribution in [0.3, 0.4) is 0 Å². The number of ether oxygens (including phenoxy) is 1. The maximum Gasteiger partial charge on any atom is 0.338 e. The summed E-state index contributed by atoms with van der Waals surface area (Å²) in [5.41, 5.74) is 2.19. The van der Waals surface area contributed by atoms with Crippen LogP contribution >= 0.6 is 0 Å². The molecule has 1 fully saturated rings. The van der Waals surface area contributed by atoms with Gasteiger partial charge in [-0.05, 0) is 50.4 Å². The van der Waals surface area contributed by atoms with E-state index in [1.807, 2.05) is 11.9 Å². The van der Waals surface area contributed by atoms with Gasteiger partial charge in [0.1, 0.15) is 11.5 Å². The van der Waals surface area contributed by atoms with Crippen LogP contribution in [-0.4, -0.2) is 74.5 Å². The first kappa shape index (κ1) is 23.7. The molecule has 2 amide bonds. The quantitative estimate of drug-likeness (QED) is 0.430. The van der Waals surface area contributed by atoms with E-state index in [0.717, 1.165) is 18.0 Å². The summed E-state index contributed by atoms with van der Waals surface area (Å²) in [4.78, 5) is 49.2. The zero-order valence-electron chi connectivity index (χ0n) is 20.3. The Morgan fingerprint density at radius 1 is 1.08 bits per heavy atom. The van der Waals surface area contributed by atoms with Gasteiger partial charge in [-0.3, -0.25) is 9.59 Å². The molecule has 1 aromatic heterocycles. The van der Waals surface area contributed by atoms with Gasteiger partial charge in [0.15, 0.2) is 0 Å². The maximum absolute atomic E-state index is 14.6. The van der Waals surface area contributed by atoms with Gasteiger partial charge in [0.2, 0.25) is 0 Å². The van der Waals surface area contributed by atoms with Gasteiger partial charge in [-0.2, -0.15) is 0 Å².